The first-order valence-corrected chi connectivity index (χ1v) is 10.7. The number of nitrogens with zero attached hydrogens (tertiary/aromatic N) is 3. The van der Waals surface area contributed by atoms with Crippen LogP contribution in [0.4, 0.5) is 0 Å². The van der Waals surface area contributed by atoms with E-state index >= 15 is 0 Å². The minimum Gasteiger partial charge on any atom is -0.379 e. The molecule has 1 aromatic rings. The van der Waals surface area contributed by atoms with Gasteiger partial charge < -0.3 is 4.74 Å². The molecule has 7 heteroatoms. The molecule has 144 valence electrons. The first-order chi connectivity index (χ1) is 12.5. The molecule has 2 rings (SSSR count). The normalized spacial score (nSPS) is 17.2. The van der Waals surface area contributed by atoms with E-state index in [0.717, 1.165) is 25.1 Å². The van der Waals surface area contributed by atoms with Crippen LogP contribution in [0, 0.1) is 11.3 Å². The Morgan fingerprint density at radius 3 is 2.46 bits per heavy atom. The zero-order valence-electron chi connectivity index (χ0n) is 15.7. The van der Waals surface area contributed by atoms with E-state index in [1.165, 1.54) is 4.31 Å². The summed E-state index contributed by atoms with van der Waals surface area (Å²) < 4.78 is 32.8. The van der Waals surface area contributed by atoms with Crippen molar-refractivity contribution in [3.8, 4) is 6.07 Å². The van der Waals surface area contributed by atoms with Crippen LogP contribution in [0.15, 0.2) is 29.2 Å². The molecule has 0 saturated carbocycles. The Morgan fingerprint density at radius 2 is 1.88 bits per heavy atom. The van der Waals surface area contributed by atoms with Gasteiger partial charge in [-0.3, -0.25) is 4.90 Å². The second-order valence-electron chi connectivity index (χ2n) is 6.64. The summed E-state index contributed by atoms with van der Waals surface area (Å²) >= 11 is 0. The fourth-order valence-electron chi connectivity index (χ4n) is 2.96. The first-order valence-electron chi connectivity index (χ1n) is 9.26. The van der Waals surface area contributed by atoms with Gasteiger partial charge in [0, 0.05) is 39.1 Å². The summed E-state index contributed by atoms with van der Waals surface area (Å²) in [6.07, 6.45) is 1.20. The van der Waals surface area contributed by atoms with Crippen molar-refractivity contribution in [1.82, 2.24) is 9.21 Å². The molecule has 0 amide bonds. The highest BCUT2D eigenvalue weighted by atomic mass is 32.2. The lowest BCUT2D eigenvalue weighted by atomic mass is 9.99. The number of morpholine rings is 1. The van der Waals surface area contributed by atoms with Gasteiger partial charge >= 0.3 is 0 Å². The van der Waals surface area contributed by atoms with Gasteiger partial charge in [0.15, 0.2) is 0 Å². The van der Waals surface area contributed by atoms with E-state index in [1.54, 1.807) is 12.1 Å². The maximum Gasteiger partial charge on any atom is 0.243 e. The Morgan fingerprint density at radius 1 is 1.23 bits per heavy atom. The zero-order chi connectivity index (χ0) is 19.0. The standard InChI is InChI=1S/C19H29N3O3S/c1-3-17(2)18-5-7-19(8-6-18)26(23,24)22(10-4-9-20)12-11-21-13-15-25-16-14-21/h5-8,17H,3-4,10-16H2,1-2H3. The SMILES string of the molecule is CCC(C)c1ccc(S(=O)(=O)N(CCC#N)CCN2CCOCC2)cc1. The Bertz CT molecular complexity index is 692. The van der Waals surface area contributed by atoms with Crippen molar-refractivity contribution in [2.75, 3.05) is 45.9 Å². The summed E-state index contributed by atoms with van der Waals surface area (Å²) in [6.45, 7) is 8.50. The maximum atomic E-state index is 13.0. The van der Waals surface area contributed by atoms with Crippen LogP contribution in [-0.2, 0) is 14.8 Å². The van der Waals surface area contributed by atoms with Gasteiger partial charge in [-0.1, -0.05) is 26.0 Å². The number of hydrogen-bond donors (Lipinski definition) is 0. The molecule has 1 atom stereocenters. The van der Waals surface area contributed by atoms with Crippen molar-refractivity contribution >= 4 is 10.0 Å². The second-order valence-corrected chi connectivity index (χ2v) is 8.58. The van der Waals surface area contributed by atoms with Gasteiger partial charge in [-0.2, -0.15) is 9.57 Å². The number of sulfonamides is 1. The van der Waals surface area contributed by atoms with Crippen LogP contribution in [0.2, 0.25) is 0 Å². The fraction of sp³-hybridized carbons (Fsp3) is 0.632. The van der Waals surface area contributed by atoms with Crippen molar-refractivity contribution in [3.63, 3.8) is 0 Å². The number of ether oxygens (including phenoxy) is 1. The molecule has 1 aliphatic rings. The van der Waals surface area contributed by atoms with Gasteiger partial charge in [0.25, 0.3) is 0 Å². The summed E-state index contributed by atoms with van der Waals surface area (Å²) in [5, 5.41) is 8.89. The molecule has 0 bridgehead atoms. The van der Waals surface area contributed by atoms with E-state index in [2.05, 4.69) is 24.8 Å². The smallest absolute Gasteiger partial charge is 0.243 e. The zero-order valence-corrected chi connectivity index (χ0v) is 16.5. The number of rotatable bonds is 9. The number of nitriles is 1. The van der Waals surface area contributed by atoms with E-state index in [9.17, 15) is 8.42 Å². The molecule has 1 aromatic carbocycles. The third-order valence-corrected chi connectivity index (χ3v) is 6.85. The van der Waals surface area contributed by atoms with Crippen LogP contribution >= 0.6 is 0 Å². The third kappa shape index (κ3) is 5.52. The van der Waals surface area contributed by atoms with Gasteiger partial charge in [0.2, 0.25) is 10.0 Å². The van der Waals surface area contributed by atoms with Crippen molar-refractivity contribution in [3.05, 3.63) is 29.8 Å². The Hall–Kier alpha value is -1.46. The summed E-state index contributed by atoms with van der Waals surface area (Å²) in [4.78, 5) is 2.49. The average Bonchev–Trinajstić information content (AvgIpc) is 2.68. The highest BCUT2D eigenvalue weighted by molar-refractivity contribution is 7.89. The quantitative estimate of drug-likeness (QED) is 0.659. The molecule has 1 fully saturated rings. The predicted molar refractivity (Wildman–Crippen MR) is 101 cm³/mol. The first kappa shape index (κ1) is 20.8. The number of benzene rings is 1. The molecule has 1 saturated heterocycles. The van der Waals surface area contributed by atoms with Crippen LogP contribution in [0.1, 0.15) is 38.2 Å². The molecular weight excluding hydrogens is 350 g/mol. The van der Waals surface area contributed by atoms with Crippen molar-refractivity contribution in [1.29, 1.82) is 5.26 Å². The Balaban J connectivity index is 2.11. The van der Waals surface area contributed by atoms with Crippen LogP contribution in [-0.4, -0.2) is 63.6 Å². The maximum absolute atomic E-state index is 13.0. The van der Waals surface area contributed by atoms with Gasteiger partial charge in [-0.25, -0.2) is 8.42 Å². The Kier molecular flexibility index (Phi) is 8.04. The van der Waals surface area contributed by atoms with E-state index in [4.69, 9.17) is 10.00 Å². The van der Waals surface area contributed by atoms with Crippen molar-refractivity contribution in [2.24, 2.45) is 0 Å². The van der Waals surface area contributed by atoms with E-state index in [-0.39, 0.29) is 13.0 Å². The van der Waals surface area contributed by atoms with Crippen molar-refractivity contribution in [2.45, 2.75) is 37.5 Å². The minimum atomic E-state index is -3.60. The lowest BCUT2D eigenvalue weighted by Gasteiger charge is -2.29. The molecule has 1 aliphatic heterocycles. The highest BCUT2D eigenvalue weighted by Crippen LogP contribution is 2.22. The van der Waals surface area contributed by atoms with Crippen molar-refractivity contribution < 1.29 is 13.2 Å². The molecular formula is C19H29N3O3S. The largest absolute Gasteiger partial charge is 0.379 e. The van der Waals surface area contributed by atoms with Gasteiger partial charge in [-0.15, -0.1) is 0 Å². The molecule has 1 heterocycles. The van der Waals surface area contributed by atoms with Gasteiger partial charge in [0.1, 0.15) is 0 Å². The third-order valence-electron chi connectivity index (χ3n) is 4.94. The summed E-state index contributed by atoms with van der Waals surface area (Å²) in [5.74, 6) is 0.405. The molecule has 0 N–H and O–H groups in total. The predicted octanol–water partition coefficient (Wildman–Crippen LogP) is 2.44. The summed E-state index contributed by atoms with van der Waals surface area (Å²) in [5.41, 5.74) is 1.14. The molecule has 0 aromatic heterocycles. The molecule has 0 radical (unpaired) electrons. The molecule has 0 spiro atoms. The molecule has 26 heavy (non-hydrogen) atoms. The second kappa shape index (κ2) is 10.0. The van der Waals surface area contributed by atoms with Crippen LogP contribution in [0.3, 0.4) is 0 Å². The monoisotopic (exact) mass is 379 g/mol. The van der Waals surface area contributed by atoms with E-state index in [1.807, 2.05) is 12.1 Å². The molecule has 0 aliphatic carbocycles. The fourth-order valence-corrected chi connectivity index (χ4v) is 4.39. The molecule has 6 nitrogen and oxygen atoms in total. The van der Waals surface area contributed by atoms with Crippen LogP contribution < -0.4 is 0 Å². The van der Waals surface area contributed by atoms with E-state index < -0.39 is 10.0 Å². The molecule has 1 unspecified atom stereocenters. The van der Waals surface area contributed by atoms with Gasteiger partial charge in [-0.05, 0) is 30.0 Å². The topological polar surface area (TPSA) is 73.6 Å². The summed E-state index contributed by atoms with van der Waals surface area (Å²) in [6, 6.07) is 9.21. The minimum absolute atomic E-state index is 0.188. The highest BCUT2D eigenvalue weighted by Gasteiger charge is 2.25. The van der Waals surface area contributed by atoms with E-state index in [0.29, 0.717) is 37.1 Å². The van der Waals surface area contributed by atoms with Crippen LogP contribution in [0.25, 0.3) is 0 Å². The van der Waals surface area contributed by atoms with Gasteiger partial charge in [0.05, 0.1) is 24.2 Å². The average molecular weight is 380 g/mol. The number of hydrogen-bond acceptors (Lipinski definition) is 5. The lowest BCUT2D eigenvalue weighted by Crippen LogP contribution is -2.43. The Labute approximate surface area is 157 Å². The lowest BCUT2D eigenvalue weighted by molar-refractivity contribution is 0.0363. The summed E-state index contributed by atoms with van der Waals surface area (Å²) in [7, 11) is -3.60. The van der Waals surface area contributed by atoms with Crippen LogP contribution in [0.5, 0.6) is 0 Å².